The minimum atomic E-state index is -3.93. The molecule has 180 valence electrons. The molecule has 3 heterocycles. The molecule has 1 N–H and O–H groups in total. The molecule has 0 fully saturated rings. The first kappa shape index (κ1) is 23.0. The van der Waals surface area contributed by atoms with Gasteiger partial charge in [-0.05, 0) is 49.7 Å². The van der Waals surface area contributed by atoms with Crippen molar-refractivity contribution in [3.8, 4) is 16.9 Å². The van der Waals surface area contributed by atoms with Crippen LogP contribution in [0, 0.1) is 6.92 Å². The third kappa shape index (κ3) is 3.93. The van der Waals surface area contributed by atoms with Crippen molar-refractivity contribution in [3.63, 3.8) is 0 Å². The van der Waals surface area contributed by atoms with Crippen LogP contribution in [0.15, 0.2) is 76.6 Å². The van der Waals surface area contributed by atoms with Crippen molar-refractivity contribution in [2.45, 2.75) is 31.1 Å². The summed E-state index contributed by atoms with van der Waals surface area (Å²) in [4.78, 5) is 17.8. The number of H-pyrrole nitrogens is 1. The molecule has 1 aliphatic heterocycles. The number of nitrogens with one attached hydrogen (secondary N) is 1. The molecule has 35 heavy (non-hydrogen) atoms. The normalized spacial score (nSPS) is 13.8. The van der Waals surface area contributed by atoms with Crippen LogP contribution in [-0.4, -0.2) is 29.7 Å². The fourth-order valence-corrected chi connectivity index (χ4v) is 5.63. The van der Waals surface area contributed by atoms with Gasteiger partial charge in [-0.3, -0.25) is 9.89 Å². The molecule has 2 aromatic heterocycles. The van der Waals surface area contributed by atoms with Crippen molar-refractivity contribution in [1.82, 2.24) is 14.8 Å². The van der Waals surface area contributed by atoms with E-state index in [1.807, 2.05) is 6.92 Å². The van der Waals surface area contributed by atoms with Crippen LogP contribution in [0.3, 0.4) is 0 Å². The van der Waals surface area contributed by atoms with Crippen LogP contribution >= 0.6 is 0 Å². The SMILES string of the molecule is Cc1ccc(S(=O)(=O)N2CCc3c([nH]n(-c4ccc(C(C)(F)F)cc4)c3=O)-c3cccnc32)cc1. The first-order valence-electron chi connectivity index (χ1n) is 10.9. The number of nitrogens with zero attached hydrogens (tertiary/aromatic N) is 3. The van der Waals surface area contributed by atoms with Crippen LogP contribution in [0.2, 0.25) is 0 Å². The predicted molar refractivity (Wildman–Crippen MR) is 129 cm³/mol. The number of benzene rings is 2. The topological polar surface area (TPSA) is 88.1 Å². The van der Waals surface area contributed by atoms with Gasteiger partial charge in [0.2, 0.25) is 0 Å². The average Bonchev–Trinajstić information content (AvgIpc) is 3.05. The molecule has 0 radical (unpaired) electrons. The molecule has 5 rings (SSSR count). The molecular formula is C25H22F2N4O3S. The summed E-state index contributed by atoms with van der Waals surface area (Å²) in [5.74, 6) is -2.78. The number of rotatable bonds is 4. The van der Waals surface area contributed by atoms with E-state index in [9.17, 15) is 22.0 Å². The molecule has 10 heteroatoms. The van der Waals surface area contributed by atoms with Crippen LogP contribution in [-0.2, 0) is 22.4 Å². The molecule has 0 saturated heterocycles. The van der Waals surface area contributed by atoms with Gasteiger partial charge in [-0.1, -0.05) is 29.8 Å². The fraction of sp³-hybridized carbons (Fsp3) is 0.200. The van der Waals surface area contributed by atoms with E-state index in [1.54, 1.807) is 36.4 Å². The number of hydrogen-bond donors (Lipinski definition) is 1. The van der Waals surface area contributed by atoms with Crippen LogP contribution in [0.5, 0.6) is 0 Å². The highest BCUT2D eigenvalue weighted by molar-refractivity contribution is 7.92. The summed E-state index contributed by atoms with van der Waals surface area (Å²) in [6.07, 6.45) is 1.64. The lowest BCUT2D eigenvalue weighted by molar-refractivity contribution is 0.0175. The number of aryl methyl sites for hydroxylation is 1. The van der Waals surface area contributed by atoms with E-state index in [2.05, 4.69) is 10.1 Å². The molecule has 0 unspecified atom stereocenters. The molecule has 0 saturated carbocycles. The number of halogens is 2. The quantitative estimate of drug-likeness (QED) is 0.454. The van der Waals surface area contributed by atoms with Gasteiger partial charge in [0.05, 0.1) is 16.3 Å². The van der Waals surface area contributed by atoms with Gasteiger partial charge in [0.25, 0.3) is 21.5 Å². The van der Waals surface area contributed by atoms with Crippen molar-refractivity contribution in [3.05, 3.63) is 93.9 Å². The smallest absolute Gasteiger partial charge is 0.275 e. The number of pyridine rings is 1. The molecule has 1 aliphatic rings. The molecule has 0 bridgehead atoms. The maximum absolute atomic E-state index is 13.6. The summed E-state index contributed by atoms with van der Waals surface area (Å²) in [6.45, 7) is 2.70. The van der Waals surface area contributed by atoms with E-state index < -0.39 is 15.9 Å². The number of hydrogen-bond acceptors (Lipinski definition) is 4. The van der Waals surface area contributed by atoms with E-state index in [-0.39, 0.29) is 34.8 Å². The summed E-state index contributed by atoms with van der Waals surface area (Å²) < 4.78 is 56.7. The average molecular weight is 497 g/mol. The zero-order chi connectivity index (χ0) is 25.0. The Morgan fingerprint density at radius 2 is 1.71 bits per heavy atom. The van der Waals surface area contributed by atoms with Crippen molar-refractivity contribution < 1.29 is 17.2 Å². The Kier molecular flexibility index (Phi) is 5.36. The Bertz CT molecular complexity index is 1570. The first-order valence-corrected chi connectivity index (χ1v) is 12.4. The number of sulfonamides is 1. The Morgan fingerprint density at radius 1 is 1.03 bits per heavy atom. The Balaban J connectivity index is 1.61. The molecule has 0 amide bonds. The van der Waals surface area contributed by atoms with Gasteiger partial charge in [-0.15, -0.1) is 0 Å². The number of aromatic nitrogens is 3. The lowest BCUT2D eigenvalue weighted by atomic mass is 10.1. The van der Waals surface area contributed by atoms with E-state index >= 15 is 0 Å². The molecular weight excluding hydrogens is 474 g/mol. The molecule has 0 spiro atoms. The standard InChI is InChI=1S/C25H22F2N4O3S/c1-16-5-11-19(12-6-16)35(33,34)30-15-13-21-22(20-4-3-14-28-23(20)30)29-31(24(21)32)18-9-7-17(8-10-18)25(2,26)27/h3-12,14,29H,13,15H2,1-2H3. The number of alkyl halides is 2. The van der Waals surface area contributed by atoms with Gasteiger partial charge in [0, 0.05) is 36.4 Å². The van der Waals surface area contributed by atoms with Gasteiger partial charge in [-0.2, -0.15) is 0 Å². The van der Waals surface area contributed by atoms with Gasteiger partial charge < -0.3 is 0 Å². The van der Waals surface area contributed by atoms with Crippen molar-refractivity contribution in [2.24, 2.45) is 0 Å². The van der Waals surface area contributed by atoms with E-state index in [0.29, 0.717) is 22.5 Å². The lowest BCUT2D eigenvalue weighted by Gasteiger charge is -2.23. The second-order valence-corrected chi connectivity index (χ2v) is 10.4. The second-order valence-electron chi connectivity index (χ2n) is 8.56. The monoisotopic (exact) mass is 496 g/mol. The zero-order valence-corrected chi connectivity index (χ0v) is 19.8. The van der Waals surface area contributed by atoms with Gasteiger partial charge in [-0.25, -0.2) is 31.2 Å². The Morgan fingerprint density at radius 3 is 2.37 bits per heavy atom. The molecule has 4 aromatic rings. The summed E-state index contributed by atoms with van der Waals surface area (Å²) in [5, 5.41) is 3.05. The fourth-order valence-electron chi connectivity index (χ4n) is 4.19. The zero-order valence-electron chi connectivity index (χ0n) is 19.0. The van der Waals surface area contributed by atoms with Gasteiger partial charge >= 0.3 is 0 Å². The predicted octanol–water partition coefficient (Wildman–Crippen LogP) is 4.40. The highest BCUT2D eigenvalue weighted by atomic mass is 32.2. The highest BCUT2D eigenvalue weighted by Gasteiger charge is 2.33. The largest absolute Gasteiger partial charge is 0.290 e. The lowest BCUT2D eigenvalue weighted by Crippen LogP contribution is -2.34. The van der Waals surface area contributed by atoms with Crippen molar-refractivity contribution in [2.75, 3.05) is 10.8 Å². The minimum Gasteiger partial charge on any atom is -0.290 e. The van der Waals surface area contributed by atoms with Crippen LogP contribution in [0.4, 0.5) is 14.6 Å². The van der Waals surface area contributed by atoms with Crippen molar-refractivity contribution >= 4 is 15.8 Å². The van der Waals surface area contributed by atoms with Crippen LogP contribution in [0.25, 0.3) is 16.9 Å². The van der Waals surface area contributed by atoms with E-state index in [1.165, 1.54) is 39.4 Å². The van der Waals surface area contributed by atoms with Crippen LogP contribution in [0.1, 0.15) is 23.6 Å². The number of anilines is 1. The van der Waals surface area contributed by atoms with Crippen LogP contribution < -0.4 is 9.86 Å². The minimum absolute atomic E-state index is 0.0152. The van der Waals surface area contributed by atoms with E-state index in [4.69, 9.17) is 0 Å². The molecule has 2 aromatic carbocycles. The van der Waals surface area contributed by atoms with Gasteiger partial charge in [0.15, 0.2) is 5.82 Å². The summed E-state index contributed by atoms with van der Waals surface area (Å²) in [7, 11) is -3.93. The summed E-state index contributed by atoms with van der Waals surface area (Å²) >= 11 is 0. The summed E-state index contributed by atoms with van der Waals surface area (Å²) in [6, 6.07) is 15.4. The molecule has 7 nitrogen and oxygen atoms in total. The van der Waals surface area contributed by atoms with Crippen molar-refractivity contribution in [1.29, 1.82) is 0 Å². The Labute approximate surface area is 200 Å². The van der Waals surface area contributed by atoms with Gasteiger partial charge in [0.1, 0.15) is 0 Å². The first-order chi connectivity index (χ1) is 16.6. The maximum atomic E-state index is 13.6. The summed E-state index contributed by atoms with van der Waals surface area (Å²) in [5.41, 5.74) is 2.10. The van der Waals surface area contributed by atoms with E-state index in [0.717, 1.165) is 12.5 Å². The Hall–Kier alpha value is -3.79. The second kappa shape index (κ2) is 8.16. The highest BCUT2D eigenvalue weighted by Crippen LogP contribution is 2.36. The third-order valence-electron chi connectivity index (χ3n) is 6.09. The number of fused-ring (bicyclic) bond motifs is 3. The molecule has 0 atom stereocenters. The third-order valence-corrected chi connectivity index (χ3v) is 7.89. The number of aromatic amines is 1. The maximum Gasteiger partial charge on any atom is 0.275 e. The molecule has 0 aliphatic carbocycles.